The summed E-state index contributed by atoms with van der Waals surface area (Å²) in [5.41, 5.74) is 0.747. The summed E-state index contributed by atoms with van der Waals surface area (Å²) in [5.74, 6) is -1.13. The Bertz CT molecular complexity index is 510. The number of hydrogen-bond acceptors (Lipinski definition) is 3. The Morgan fingerprint density at radius 1 is 1.29 bits per heavy atom. The molecule has 114 valence electrons. The van der Waals surface area contributed by atoms with Crippen molar-refractivity contribution in [2.75, 3.05) is 19.6 Å². The molecule has 1 aromatic rings. The fourth-order valence-electron chi connectivity index (χ4n) is 2.69. The summed E-state index contributed by atoms with van der Waals surface area (Å²) in [6, 6.07) is 6.96. The van der Waals surface area contributed by atoms with E-state index < -0.39 is 5.97 Å². The van der Waals surface area contributed by atoms with Gasteiger partial charge in [0.25, 0.3) is 0 Å². The number of nitrogens with zero attached hydrogens (tertiary/aromatic N) is 1. The standard InChI is InChI=1S/C16H22N2O3/c1-12(18-8-4-5-9-18)11-17-15(19)10-13-6-2-3-7-14(13)16(20)21/h2-3,6-7,12H,4-5,8-11H2,1H3,(H,17,19)(H,20,21). The van der Waals surface area contributed by atoms with Crippen molar-refractivity contribution in [1.29, 1.82) is 0 Å². The second-order valence-corrected chi connectivity index (χ2v) is 5.54. The molecule has 5 nitrogen and oxygen atoms in total. The van der Waals surface area contributed by atoms with Crippen molar-refractivity contribution in [3.05, 3.63) is 35.4 Å². The van der Waals surface area contributed by atoms with Crippen molar-refractivity contribution >= 4 is 11.9 Å². The fraction of sp³-hybridized carbons (Fsp3) is 0.500. The summed E-state index contributed by atoms with van der Waals surface area (Å²) >= 11 is 0. The topological polar surface area (TPSA) is 69.6 Å². The van der Waals surface area contributed by atoms with E-state index in [9.17, 15) is 9.59 Å². The van der Waals surface area contributed by atoms with Gasteiger partial charge in [-0.25, -0.2) is 4.79 Å². The highest BCUT2D eigenvalue weighted by molar-refractivity contribution is 5.91. The average Bonchev–Trinajstić information content (AvgIpc) is 2.99. The first-order chi connectivity index (χ1) is 10.1. The third-order valence-electron chi connectivity index (χ3n) is 3.96. The van der Waals surface area contributed by atoms with Crippen molar-refractivity contribution in [2.45, 2.75) is 32.2 Å². The van der Waals surface area contributed by atoms with Crippen LogP contribution in [0.25, 0.3) is 0 Å². The van der Waals surface area contributed by atoms with Gasteiger partial charge in [0.15, 0.2) is 0 Å². The van der Waals surface area contributed by atoms with Crippen LogP contribution in [0.15, 0.2) is 24.3 Å². The molecule has 1 heterocycles. The normalized spacial score (nSPS) is 16.6. The first-order valence-electron chi connectivity index (χ1n) is 7.40. The van der Waals surface area contributed by atoms with Crippen LogP contribution in [0.2, 0.25) is 0 Å². The molecule has 1 atom stereocenters. The van der Waals surface area contributed by atoms with Crippen LogP contribution < -0.4 is 5.32 Å². The zero-order valence-electron chi connectivity index (χ0n) is 12.3. The van der Waals surface area contributed by atoms with Crippen molar-refractivity contribution < 1.29 is 14.7 Å². The maximum Gasteiger partial charge on any atom is 0.335 e. The lowest BCUT2D eigenvalue weighted by atomic mass is 10.0. The van der Waals surface area contributed by atoms with E-state index in [2.05, 4.69) is 17.1 Å². The van der Waals surface area contributed by atoms with Gasteiger partial charge in [0.2, 0.25) is 5.91 Å². The maximum atomic E-state index is 12.0. The van der Waals surface area contributed by atoms with Crippen LogP contribution in [0.4, 0.5) is 0 Å². The molecule has 0 radical (unpaired) electrons. The minimum Gasteiger partial charge on any atom is -0.478 e. The first kappa shape index (κ1) is 15.5. The molecule has 21 heavy (non-hydrogen) atoms. The lowest BCUT2D eigenvalue weighted by molar-refractivity contribution is -0.120. The molecule has 1 fully saturated rings. The van der Waals surface area contributed by atoms with E-state index in [4.69, 9.17) is 5.11 Å². The Labute approximate surface area is 125 Å². The molecule has 1 aliphatic rings. The highest BCUT2D eigenvalue weighted by Gasteiger charge is 2.19. The van der Waals surface area contributed by atoms with E-state index in [1.807, 2.05) is 0 Å². The molecule has 1 amide bonds. The van der Waals surface area contributed by atoms with Gasteiger partial charge in [-0.2, -0.15) is 0 Å². The largest absolute Gasteiger partial charge is 0.478 e. The van der Waals surface area contributed by atoms with Crippen LogP contribution in [0, 0.1) is 0 Å². The molecule has 1 saturated heterocycles. The lowest BCUT2D eigenvalue weighted by Gasteiger charge is -2.23. The number of benzene rings is 1. The van der Waals surface area contributed by atoms with Gasteiger partial charge in [-0.05, 0) is 44.5 Å². The van der Waals surface area contributed by atoms with E-state index in [-0.39, 0.29) is 17.9 Å². The summed E-state index contributed by atoms with van der Waals surface area (Å²) in [6.07, 6.45) is 2.56. The monoisotopic (exact) mass is 290 g/mol. The number of carboxylic acid groups (broad SMARTS) is 1. The number of likely N-dealkylation sites (tertiary alicyclic amines) is 1. The predicted molar refractivity (Wildman–Crippen MR) is 80.4 cm³/mol. The fourth-order valence-corrected chi connectivity index (χ4v) is 2.69. The Morgan fingerprint density at radius 3 is 2.62 bits per heavy atom. The average molecular weight is 290 g/mol. The number of amides is 1. The molecule has 0 bridgehead atoms. The Hall–Kier alpha value is -1.88. The highest BCUT2D eigenvalue weighted by Crippen LogP contribution is 2.11. The third kappa shape index (κ3) is 4.29. The van der Waals surface area contributed by atoms with Gasteiger partial charge in [0.05, 0.1) is 12.0 Å². The van der Waals surface area contributed by atoms with E-state index >= 15 is 0 Å². The molecule has 1 aliphatic heterocycles. The summed E-state index contributed by atoms with van der Waals surface area (Å²) in [7, 11) is 0. The molecule has 1 unspecified atom stereocenters. The van der Waals surface area contributed by atoms with Crippen LogP contribution in [-0.4, -0.2) is 47.6 Å². The number of nitrogens with one attached hydrogen (secondary N) is 1. The van der Waals surface area contributed by atoms with E-state index in [0.717, 1.165) is 13.1 Å². The Balaban J connectivity index is 1.86. The number of rotatable bonds is 6. The summed E-state index contributed by atoms with van der Waals surface area (Å²) < 4.78 is 0. The zero-order chi connectivity index (χ0) is 15.2. The van der Waals surface area contributed by atoms with Crippen molar-refractivity contribution in [3.8, 4) is 0 Å². The quantitative estimate of drug-likeness (QED) is 0.833. The third-order valence-corrected chi connectivity index (χ3v) is 3.96. The molecule has 0 saturated carbocycles. The molecule has 0 aromatic heterocycles. The van der Waals surface area contributed by atoms with Gasteiger partial charge < -0.3 is 10.4 Å². The van der Waals surface area contributed by atoms with Gasteiger partial charge in [-0.15, -0.1) is 0 Å². The molecule has 0 spiro atoms. The number of aromatic carboxylic acids is 1. The van der Waals surface area contributed by atoms with Gasteiger partial charge in [0, 0.05) is 12.6 Å². The summed E-state index contributed by atoms with van der Waals surface area (Å²) in [4.78, 5) is 25.5. The van der Waals surface area contributed by atoms with Crippen LogP contribution >= 0.6 is 0 Å². The summed E-state index contributed by atoms with van der Waals surface area (Å²) in [5, 5.41) is 12.0. The predicted octanol–water partition coefficient (Wildman–Crippen LogP) is 1.53. The van der Waals surface area contributed by atoms with Crippen LogP contribution in [0.5, 0.6) is 0 Å². The Kier molecular flexibility index (Phi) is 5.33. The second kappa shape index (κ2) is 7.22. The molecule has 1 aromatic carbocycles. The van der Waals surface area contributed by atoms with E-state index in [1.54, 1.807) is 18.2 Å². The van der Waals surface area contributed by atoms with Crippen molar-refractivity contribution in [2.24, 2.45) is 0 Å². The van der Waals surface area contributed by atoms with Crippen LogP contribution in [0.3, 0.4) is 0 Å². The van der Waals surface area contributed by atoms with Crippen molar-refractivity contribution in [1.82, 2.24) is 10.2 Å². The van der Waals surface area contributed by atoms with Crippen LogP contribution in [0.1, 0.15) is 35.7 Å². The minimum atomic E-state index is -0.996. The SMILES string of the molecule is CC(CNC(=O)Cc1ccccc1C(=O)O)N1CCCC1. The van der Waals surface area contributed by atoms with E-state index in [0.29, 0.717) is 18.2 Å². The minimum absolute atomic E-state index is 0.106. The maximum absolute atomic E-state index is 12.0. The smallest absolute Gasteiger partial charge is 0.335 e. The molecule has 2 rings (SSSR count). The Morgan fingerprint density at radius 2 is 1.95 bits per heavy atom. The number of carbonyl (C=O) groups is 2. The highest BCUT2D eigenvalue weighted by atomic mass is 16.4. The molecule has 2 N–H and O–H groups in total. The number of carbonyl (C=O) groups excluding carboxylic acids is 1. The molecule has 5 heteroatoms. The second-order valence-electron chi connectivity index (χ2n) is 5.54. The first-order valence-corrected chi connectivity index (χ1v) is 7.40. The number of carboxylic acids is 1. The summed E-state index contributed by atoms with van der Waals surface area (Å²) in [6.45, 7) is 4.91. The molecular weight excluding hydrogens is 268 g/mol. The lowest BCUT2D eigenvalue weighted by Crippen LogP contribution is -2.41. The van der Waals surface area contributed by atoms with Crippen LogP contribution in [-0.2, 0) is 11.2 Å². The zero-order valence-corrected chi connectivity index (χ0v) is 12.3. The molecule has 0 aliphatic carbocycles. The van der Waals surface area contributed by atoms with Gasteiger partial charge in [0.1, 0.15) is 0 Å². The number of hydrogen-bond donors (Lipinski definition) is 2. The molecular formula is C16H22N2O3. The van der Waals surface area contributed by atoms with Gasteiger partial charge in [-0.3, -0.25) is 9.69 Å². The van der Waals surface area contributed by atoms with Crippen molar-refractivity contribution in [3.63, 3.8) is 0 Å². The van der Waals surface area contributed by atoms with E-state index in [1.165, 1.54) is 18.9 Å². The van der Waals surface area contributed by atoms with Gasteiger partial charge >= 0.3 is 5.97 Å². The van der Waals surface area contributed by atoms with Gasteiger partial charge in [-0.1, -0.05) is 18.2 Å².